The third-order valence-electron chi connectivity index (χ3n) is 3.06. The molecule has 0 saturated carbocycles. The predicted octanol–water partition coefficient (Wildman–Crippen LogP) is 3.89. The Balaban J connectivity index is 1.89. The summed E-state index contributed by atoms with van der Waals surface area (Å²) < 4.78 is 0.782. The number of aryl methyl sites for hydroxylation is 1. The van der Waals surface area contributed by atoms with Crippen molar-refractivity contribution in [1.82, 2.24) is 10.2 Å². The molecule has 0 bridgehead atoms. The van der Waals surface area contributed by atoms with Crippen LogP contribution in [0.2, 0.25) is 0 Å². The van der Waals surface area contributed by atoms with Gasteiger partial charge >= 0.3 is 0 Å². The molecular formula is C15H12BrN3O. The first kappa shape index (κ1) is 12.9. The summed E-state index contributed by atoms with van der Waals surface area (Å²) in [6, 6.07) is 11.3. The molecule has 20 heavy (non-hydrogen) atoms. The first-order chi connectivity index (χ1) is 9.63. The molecule has 2 N–H and O–H groups in total. The van der Waals surface area contributed by atoms with Crippen molar-refractivity contribution in [3.63, 3.8) is 0 Å². The van der Waals surface area contributed by atoms with E-state index in [1.807, 2.05) is 43.3 Å². The van der Waals surface area contributed by atoms with Crippen molar-refractivity contribution in [2.24, 2.45) is 0 Å². The third kappa shape index (κ3) is 2.44. The molecule has 1 aromatic heterocycles. The first-order valence-electron chi connectivity index (χ1n) is 6.14. The number of hydrogen-bond donors (Lipinski definition) is 2. The van der Waals surface area contributed by atoms with Crippen molar-refractivity contribution in [2.75, 3.05) is 5.32 Å². The summed E-state index contributed by atoms with van der Waals surface area (Å²) in [6.45, 7) is 1.96. The van der Waals surface area contributed by atoms with E-state index in [0.717, 1.165) is 26.6 Å². The smallest absolute Gasteiger partial charge is 0.256 e. The highest BCUT2D eigenvalue weighted by Crippen LogP contribution is 2.21. The van der Waals surface area contributed by atoms with Crippen LogP contribution in [0.15, 0.2) is 47.1 Å². The Bertz CT molecular complexity index is 795. The Morgan fingerprint density at radius 2 is 2.10 bits per heavy atom. The second-order valence-corrected chi connectivity index (χ2v) is 5.46. The SMILES string of the molecule is Cc1ccc(Br)c(C(=O)Nc2ccc3[nH]ncc3c2)c1. The van der Waals surface area contributed by atoms with E-state index in [-0.39, 0.29) is 5.91 Å². The highest BCUT2D eigenvalue weighted by molar-refractivity contribution is 9.10. The molecule has 0 aliphatic carbocycles. The zero-order valence-electron chi connectivity index (χ0n) is 10.8. The van der Waals surface area contributed by atoms with Crippen molar-refractivity contribution < 1.29 is 4.79 Å². The van der Waals surface area contributed by atoms with Gasteiger partial charge in [-0.2, -0.15) is 5.10 Å². The summed E-state index contributed by atoms with van der Waals surface area (Å²) in [5.74, 6) is -0.136. The van der Waals surface area contributed by atoms with E-state index in [0.29, 0.717) is 5.56 Å². The molecule has 0 aliphatic heterocycles. The molecule has 0 unspecified atom stereocenters. The molecular weight excluding hydrogens is 318 g/mol. The van der Waals surface area contributed by atoms with Crippen LogP contribution in [0.5, 0.6) is 0 Å². The zero-order chi connectivity index (χ0) is 14.1. The van der Waals surface area contributed by atoms with Crippen molar-refractivity contribution in [1.29, 1.82) is 0 Å². The Kier molecular flexibility index (Phi) is 3.28. The van der Waals surface area contributed by atoms with Gasteiger partial charge in [0.2, 0.25) is 0 Å². The number of nitrogens with one attached hydrogen (secondary N) is 2. The lowest BCUT2D eigenvalue weighted by molar-refractivity contribution is 0.102. The molecule has 0 radical (unpaired) electrons. The molecule has 4 nitrogen and oxygen atoms in total. The van der Waals surface area contributed by atoms with Crippen molar-refractivity contribution in [2.45, 2.75) is 6.92 Å². The van der Waals surface area contributed by atoms with Crippen LogP contribution in [0.25, 0.3) is 10.9 Å². The first-order valence-corrected chi connectivity index (χ1v) is 6.93. The average molecular weight is 330 g/mol. The van der Waals surface area contributed by atoms with Gasteiger partial charge in [-0.3, -0.25) is 9.89 Å². The molecule has 3 aromatic rings. The summed E-state index contributed by atoms with van der Waals surface area (Å²) >= 11 is 3.40. The number of fused-ring (bicyclic) bond motifs is 1. The monoisotopic (exact) mass is 329 g/mol. The van der Waals surface area contributed by atoms with E-state index >= 15 is 0 Å². The highest BCUT2D eigenvalue weighted by atomic mass is 79.9. The summed E-state index contributed by atoms with van der Waals surface area (Å²) in [4.78, 5) is 12.3. The van der Waals surface area contributed by atoms with Crippen LogP contribution >= 0.6 is 15.9 Å². The van der Waals surface area contributed by atoms with Crippen LogP contribution in [-0.2, 0) is 0 Å². The van der Waals surface area contributed by atoms with Gasteiger partial charge in [0.05, 0.1) is 17.3 Å². The quantitative estimate of drug-likeness (QED) is 0.749. The van der Waals surface area contributed by atoms with Gasteiger partial charge in [-0.1, -0.05) is 11.6 Å². The maximum atomic E-state index is 12.3. The maximum absolute atomic E-state index is 12.3. The van der Waals surface area contributed by atoms with E-state index < -0.39 is 0 Å². The van der Waals surface area contributed by atoms with Crippen LogP contribution in [-0.4, -0.2) is 16.1 Å². The summed E-state index contributed by atoms with van der Waals surface area (Å²) in [5.41, 5.74) is 3.36. The molecule has 0 saturated heterocycles. The lowest BCUT2D eigenvalue weighted by Gasteiger charge is -2.08. The largest absolute Gasteiger partial charge is 0.322 e. The van der Waals surface area contributed by atoms with Crippen LogP contribution in [0, 0.1) is 6.92 Å². The number of aromatic amines is 1. The fourth-order valence-corrected chi connectivity index (χ4v) is 2.46. The van der Waals surface area contributed by atoms with E-state index in [4.69, 9.17) is 0 Å². The van der Waals surface area contributed by atoms with Crippen LogP contribution in [0.4, 0.5) is 5.69 Å². The molecule has 5 heteroatoms. The summed E-state index contributed by atoms with van der Waals surface area (Å²) in [5, 5.41) is 10.7. The van der Waals surface area contributed by atoms with Crippen molar-refractivity contribution in [3.8, 4) is 0 Å². The lowest BCUT2D eigenvalue weighted by atomic mass is 10.1. The number of H-pyrrole nitrogens is 1. The van der Waals surface area contributed by atoms with Gasteiger partial charge in [-0.15, -0.1) is 0 Å². The highest BCUT2D eigenvalue weighted by Gasteiger charge is 2.10. The van der Waals surface area contributed by atoms with Gasteiger partial charge in [0.25, 0.3) is 5.91 Å². The number of carbonyl (C=O) groups is 1. The maximum Gasteiger partial charge on any atom is 0.256 e. The van der Waals surface area contributed by atoms with E-state index in [9.17, 15) is 4.79 Å². The van der Waals surface area contributed by atoms with E-state index in [1.54, 1.807) is 6.20 Å². The average Bonchev–Trinajstić information content (AvgIpc) is 2.89. The molecule has 2 aromatic carbocycles. The normalized spacial score (nSPS) is 10.7. The number of nitrogens with zero attached hydrogens (tertiary/aromatic N) is 1. The van der Waals surface area contributed by atoms with Gasteiger partial charge < -0.3 is 5.32 Å². The number of aromatic nitrogens is 2. The fraction of sp³-hybridized carbons (Fsp3) is 0.0667. The van der Waals surface area contributed by atoms with E-state index in [2.05, 4.69) is 31.4 Å². The Labute approximate surface area is 124 Å². The van der Waals surface area contributed by atoms with Gasteiger partial charge in [0, 0.05) is 15.5 Å². The van der Waals surface area contributed by atoms with Crippen molar-refractivity contribution in [3.05, 3.63) is 58.2 Å². The van der Waals surface area contributed by atoms with Gasteiger partial charge in [0.1, 0.15) is 0 Å². The predicted molar refractivity (Wildman–Crippen MR) is 82.9 cm³/mol. The number of carbonyl (C=O) groups excluding carboxylic acids is 1. The second-order valence-electron chi connectivity index (χ2n) is 4.61. The number of halogens is 1. The fourth-order valence-electron chi connectivity index (χ4n) is 2.03. The molecule has 0 fully saturated rings. The van der Waals surface area contributed by atoms with Gasteiger partial charge in [-0.25, -0.2) is 0 Å². The third-order valence-corrected chi connectivity index (χ3v) is 3.76. The Hall–Kier alpha value is -2.14. The van der Waals surface area contributed by atoms with Crippen LogP contribution < -0.4 is 5.32 Å². The number of hydrogen-bond acceptors (Lipinski definition) is 2. The minimum absolute atomic E-state index is 0.136. The van der Waals surface area contributed by atoms with Gasteiger partial charge in [0.15, 0.2) is 0 Å². The minimum atomic E-state index is -0.136. The number of rotatable bonds is 2. The zero-order valence-corrected chi connectivity index (χ0v) is 12.4. The molecule has 1 heterocycles. The summed E-state index contributed by atoms with van der Waals surface area (Å²) in [6.07, 6.45) is 1.73. The molecule has 0 aliphatic rings. The van der Waals surface area contributed by atoms with Crippen LogP contribution in [0.3, 0.4) is 0 Å². The minimum Gasteiger partial charge on any atom is -0.322 e. The topological polar surface area (TPSA) is 57.8 Å². The standard InChI is InChI=1S/C15H12BrN3O/c1-9-2-4-13(16)12(6-9)15(20)18-11-3-5-14-10(7-11)8-17-19-14/h2-8H,1H3,(H,17,19)(H,18,20). The number of benzene rings is 2. The Morgan fingerprint density at radius 3 is 2.95 bits per heavy atom. The summed E-state index contributed by atoms with van der Waals surface area (Å²) in [7, 11) is 0. The molecule has 3 rings (SSSR count). The Morgan fingerprint density at radius 1 is 1.25 bits per heavy atom. The number of amides is 1. The molecule has 1 amide bonds. The molecule has 100 valence electrons. The second kappa shape index (κ2) is 5.09. The number of anilines is 1. The lowest BCUT2D eigenvalue weighted by Crippen LogP contribution is -2.12. The van der Waals surface area contributed by atoms with E-state index in [1.165, 1.54) is 0 Å². The van der Waals surface area contributed by atoms with Crippen molar-refractivity contribution >= 4 is 38.4 Å². The molecule has 0 spiro atoms. The van der Waals surface area contributed by atoms with Crippen LogP contribution in [0.1, 0.15) is 15.9 Å². The van der Waals surface area contributed by atoms with Gasteiger partial charge in [-0.05, 0) is 53.2 Å². The molecule has 0 atom stereocenters.